The smallest absolute Gasteiger partial charge is 0.0958 e. The molecular weight excluding hydrogens is 394 g/mol. The summed E-state index contributed by atoms with van der Waals surface area (Å²) >= 11 is 0. The van der Waals surface area contributed by atoms with E-state index in [9.17, 15) is 0 Å². The average Bonchev–Trinajstić information content (AvgIpc) is 2.84. The molecule has 5 aromatic rings. The van der Waals surface area contributed by atoms with E-state index < -0.39 is 0 Å². The standard InChI is InChI=1S/C27H21N5/c1-18(30-24-14-3-8-20-10-6-16-28-26(20)24)22-12-5-13-23(32-22)19(2)31-25-15-4-9-21-11-7-17-29-27(21)25/h3-17H,1-2H3. The van der Waals surface area contributed by atoms with Crippen molar-refractivity contribution >= 4 is 44.6 Å². The quantitative estimate of drug-likeness (QED) is 0.316. The first-order valence-corrected chi connectivity index (χ1v) is 10.4. The summed E-state index contributed by atoms with van der Waals surface area (Å²) in [6.45, 7) is 3.93. The van der Waals surface area contributed by atoms with Crippen molar-refractivity contribution in [3.8, 4) is 0 Å². The van der Waals surface area contributed by atoms with Gasteiger partial charge in [0.1, 0.15) is 0 Å². The van der Waals surface area contributed by atoms with Gasteiger partial charge in [-0.1, -0.05) is 42.5 Å². The Morgan fingerprint density at radius 3 is 1.50 bits per heavy atom. The lowest BCUT2D eigenvalue weighted by molar-refractivity contribution is 1.24. The Hall–Kier alpha value is -4.25. The summed E-state index contributed by atoms with van der Waals surface area (Å²) in [5, 5.41) is 2.13. The lowest BCUT2D eigenvalue weighted by Crippen LogP contribution is -2.05. The van der Waals surface area contributed by atoms with Crippen LogP contribution in [0.25, 0.3) is 21.8 Å². The molecule has 3 aromatic heterocycles. The van der Waals surface area contributed by atoms with Gasteiger partial charge >= 0.3 is 0 Å². The molecule has 154 valence electrons. The second kappa shape index (κ2) is 8.47. The zero-order valence-electron chi connectivity index (χ0n) is 17.9. The first kappa shape index (κ1) is 19.7. The Balaban J connectivity index is 1.51. The van der Waals surface area contributed by atoms with Crippen LogP contribution >= 0.6 is 0 Å². The topological polar surface area (TPSA) is 63.4 Å². The molecule has 32 heavy (non-hydrogen) atoms. The molecule has 0 amide bonds. The first-order chi connectivity index (χ1) is 15.7. The Morgan fingerprint density at radius 1 is 0.562 bits per heavy atom. The number of nitrogens with zero attached hydrogens (tertiary/aromatic N) is 5. The van der Waals surface area contributed by atoms with Crippen LogP contribution in [0.3, 0.4) is 0 Å². The van der Waals surface area contributed by atoms with Crippen LogP contribution in [0.1, 0.15) is 25.2 Å². The van der Waals surface area contributed by atoms with E-state index in [1.165, 1.54) is 0 Å². The summed E-state index contributed by atoms with van der Waals surface area (Å²) < 4.78 is 0. The van der Waals surface area contributed by atoms with Crippen LogP contribution in [0.2, 0.25) is 0 Å². The molecule has 0 aliphatic rings. The van der Waals surface area contributed by atoms with Crippen LogP contribution in [-0.2, 0) is 0 Å². The van der Waals surface area contributed by atoms with Crippen molar-refractivity contribution in [2.24, 2.45) is 9.98 Å². The molecule has 5 rings (SSSR count). The Labute approximate surface area is 186 Å². The summed E-state index contributed by atoms with van der Waals surface area (Å²) in [5.41, 5.74) is 6.69. The monoisotopic (exact) mass is 415 g/mol. The third kappa shape index (κ3) is 3.88. The number of hydrogen-bond acceptors (Lipinski definition) is 5. The Kier molecular flexibility index (Phi) is 5.22. The summed E-state index contributed by atoms with van der Waals surface area (Å²) in [6.07, 6.45) is 3.58. The van der Waals surface area contributed by atoms with Gasteiger partial charge in [-0.15, -0.1) is 0 Å². The van der Waals surface area contributed by atoms with Crippen molar-refractivity contribution < 1.29 is 0 Å². The summed E-state index contributed by atoms with van der Waals surface area (Å²) in [6, 6.07) is 25.9. The molecule has 0 bridgehead atoms. The van der Waals surface area contributed by atoms with Crippen LogP contribution in [0.4, 0.5) is 11.4 Å². The van der Waals surface area contributed by atoms with Crippen molar-refractivity contribution in [1.29, 1.82) is 0 Å². The molecule has 0 unspecified atom stereocenters. The number of benzene rings is 2. The predicted molar refractivity (Wildman–Crippen MR) is 131 cm³/mol. The van der Waals surface area contributed by atoms with E-state index >= 15 is 0 Å². The fraction of sp³-hybridized carbons (Fsp3) is 0.0741. The summed E-state index contributed by atoms with van der Waals surface area (Å²) in [5.74, 6) is 0. The largest absolute Gasteiger partial charge is 0.254 e. The first-order valence-electron chi connectivity index (χ1n) is 10.4. The molecule has 5 heteroatoms. The van der Waals surface area contributed by atoms with Gasteiger partial charge in [-0.2, -0.15) is 0 Å². The average molecular weight is 416 g/mol. The number of para-hydroxylation sites is 2. The maximum absolute atomic E-state index is 4.82. The lowest BCUT2D eigenvalue weighted by atomic mass is 10.1. The highest BCUT2D eigenvalue weighted by molar-refractivity contribution is 6.04. The van der Waals surface area contributed by atoms with Gasteiger partial charge in [0.15, 0.2) is 0 Å². The predicted octanol–water partition coefficient (Wildman–Crippen LogP) is 6.46. The van der Waals surface area contributed by atoms with Gasteiger partial charge < -0.3 is 0 Å². The SMILES string of the molecule is CC(=Nc1cccc2cccnc12)c1cccc(C(C)=Nc2cccc3cccnc23)n1. The summed E-state index contributed by atoms with van der Waals surface area (Å²) in [7, 11) is 0. The van der Waals surface area contributed by atoms with Crippen LogP contribution in [-0.4, -0.2) is 26.4 Å². The van der Waals surface area contributed by atoms with Crippen molar-refractivity contribution in [3.05, 3.63) is 103 Å². The normalized spacial score (nSPS) is 12.4. The highest BCUT2D eigenvalue weighted by Crippen LogP contribution is 2.25. The number of rotatable bonds is 4. The molecule has 0 saturated heterocycles. The number of pyridine rings is 3. The number of aliphatic imine (C=N–C) groups is 2. The van der Waals surface area contributed by atoms with Crippen LogP contribution < -0.4 is 0 Å². The van der Waals surface area contributed by atoms with Crippen LogP contribution in [0.5, 0.6) is 0 Å². The molecule has 5 nitrogen and oxygen atoms in total. The fourth-order valence-corrected chi connectivity index (χ4v) is 3.67. The van der Waals surface area contributed by atoms with Gasteiger partial charge in [-0.25, -0.2) is 15.0 Å². The van der Waals surface area contributed by atoms with E-state index in [4.69, 9.17) is 15.0 Å². The lowest BCUT2D eigenvalue weighted by Gasteiger charge is -2.07. The van der Waals surface area contributed by atoms with E-state index in [2.05, 4.69) is 9.97 Å². The van der Waals surface area contributed by atoms with Gasteiger partial charge in [0.05, 0.1) is 45.2 Å². The van der Waals surface area contributed by atoms with Gasteiger partial charge in [-0.3, -0.25) is 9.97 Å². The minimum absolute atomic E-state index is 0.807. The molecule has 0 spiro atoms. The van der Waals surface area contributed by atoms with Gasteiger partial charge in [-0.05, 0) is 50.2 Å². The van der Waals surface area contributed by atoms with Crippen molar-refractivity contribution in [2.75, 3.05) is 0 Å². The van der Waals surface area contributed by atoms with E-state index in [0.29, 0.717) is 0 Å². The maximum Gasteiger partial charge on any atom is 0.0958 e. The highest BCUT2D eigenvalue weighted by atomic mass is 14.9. The van der Waals surface area contributed by atoms with E-state index in [1.807, 2.05) is 92.7 Å². The van der Waals surface area contributed by atoms with Crippen molar-refractivity contribution in [1.82, 2.24) is 15.0 Å². The molecule has 0 atom stereocenters. The Morgan fingerprint density at radius 2 is 1.00 bits per heavy atom. The van der Waals surface area contributed by atoms with Gasteiger partial charge in [0, 0.05) is 23.2 Å². The van der Waals surface area contributed by atoms with Gasteiger partial charge in [0.2, 0.25) is 0 Å². The molecule has 0 aliphatic heterocycles. The molecule has 0 saturated carbocycles. The zero-order chi connectivity index (χ0) is 21.9. The zero-order valence-corrected chi connectivity index (χ0v) is 17.9. The van der Waals surface area contributed by atoms with Gasteiger partial charge in [0.25, 0.3) is 0 Å². The summed E-state index contributed by atoms with van der Waals surface area (Å²) in [4.78, 5) is 23.5. The minimum atomic E-state index is 0.807. The van der Waals surface area contributed by atoms with E-state index in [-0.39, 0.29) is 0 Å². The number of fused-ring (bicyclic) bond motifs is 2. The van der Waals surface area contributed by atoms with Crippen LogP contribution in [0.15, 0.2) is 101 Å². The third-order valence-electron chi connectivity index (χ3n) is 5.29. The minimum Gasteiger partial charge on any atom is -0.254 e. The second-order valence-corrected chi connectivity index (χ2v) is 7.51. The number of aromatic nitrogens is 3. The molecule has 0 aliphatic carbocycles. The molecule has 0 radical (unpaired) electrons. The number of hydrogen-bond donors (Lipinski definition) is 0. The third-order valence-corrected chi connectivity index (χ3v) is 5.29. The van der Waals surface area contributed by atoms with E-state index in [0.717, 1.165) is 56.0 Å². The van der Waals surface area contributed by atoms with Crippen LogP contribution in [0, 0.1) is 0 Å². The maximum atomic E-state index is 4.82. The molecule has 0 N–H and O–H groups in total. The highest BCUT2D eigenvalue weighted by Gasteiger charge is 2.08. The molecular formula is C27H21N5. The van der Waals surface area contributed by atoms with Crippen molar-refractivity contribution in [2.45, 2.75) is 13.8 Å². The second-order valence-electron chi connectivity index (χ2n) is 7.51. The molecule has 2 aromatic carbocycles. The Bertz CT molecular complexity index is 1380. The fourth-order valence-electron chi connectivity index (χ4n) is 3.67. The molecule has 0 fully saturated rings. The molecule has 3 heterocycles. The van der Waals surface area contributed by atoms with Crippen molar-refractivity contribution in [3.63, 3.8) is 0 Å². The van der Waals surface area contributed by atoms with E-state index in [1.54, 1.807) is 12.4 Å².